The number of allylic oxidation sites excluding steroid dienone is 1. The first-order valence-electron chi connectivity index (χ1n) is 6.34. The summed E-state index contributed by atoms with van der Waals surface area (Å²) in [5.41, 5.74) is 8.98. The van der Waals surface area contributed by atoms with E-state index in [0.29, 0.717) is 24.3 Å². The van der Waals surface area contributed by atoms with Crippen molar-refractivity contribution in [2.24, 2.45) is 0 Å². The van der Waals surface area contributed by atoms with E-state index < -0.39 is 0 Å². The smallest absolute Gasteiger partial charge is 0.123 e. The fourth-order valence-electron chi connectivity index (χ4n) is 1.97. The number of nitrogen functional groups attached to an aromatic ring is 1. The second-order valence-electron chi connectivity index (χ2n) is 4.42. The molecule has 2 aromatic carbocycles. The Kier molecular flexibility index (Phi) is 4.41. The van der Waals surface area contributed by atoms with E-state index in [0.717, 1.165) is 16.9 Å². The first-order valence-corrected chi connectivity index (χ1v) is 6.34. The van der Waals surface area contributed by atoms with Crippen molar-refractivity contribution in [3.8, 4) is 11.8 Å². The molecule has 2 rings (SSSR count). The van der Waals surface area contributed by atoms with Gasteiger partial charge >= 0.3 is 0 Å². The molecular formula is C17H16N2O. The van der Waals surface area contributed by atoms with Crippen molar-refractivity contribution in [2.75, 3.05) is 5.73 Å². The molecule has 0 saturated heterocycles. The van der Waals surface area contributed by atoms with E-state index in [1.165, 1.54) is 0 Å². The molecule has 0 heterocycles. The molecule has 3 nitrogen and oxygen atoms in total. The second kappa shape index (κ2) is 6.44. The molecule has 0 saturated carbocycles. The zero-order chi connectivity index (χ0) is 14.4. The normalized spacial score (nSPS) is 9.75. The Morgan fingerprint density at radius 2 is 2.00 bits per heavy atom. The molecular weight excluding hydrogens is 248 g/mol. The van der Waals surface area contributed by atoms with Crippen molar-refractivity contribution in [2.45, 2.75) is 13.0 Å². The van der Waals surface area contributed by atoms with Crippen LogP contribution in [-0.4, -0.2) is 0 Å². The van der Waals surface area contributed by atoms with E-state index >= 15 is 0 Å². The van der Waals surface area contributed by atoms with E-state index in [1.807, 2.05) is 36.4 Å². The highest BCUT2D eigenvalue weighted by Crippen LogP contribution is 2.23. The Balaban J connectivity index is 2.19. The highest BCUT2D eigenvalue weighted by atomic mass is 16.5. The Morgan fingerprint density at radius 3 is 2.75 bits per heavy atom. The summed E-state index contributed by atoms with van der Waals surface area (Å²) in [5.74, 6) is 0.770. The van der Waals surface area contributed by atoms with Gasteiger partial charge in [0, 0.05) is 11.3 Å². The van der Waals surface area contributed by atoms with Crippen LogP contribution in [0.3, 0.4) is 0 Å². The number of benzene rings is 2. The van der Waals surface area contributed by atoms with Crippen molar-refractivity contribution in [1.82, 2.24) is 0 Å². The number of hydrogen-bond donors (Lipinski definition) is 1. The molecule has 0 unspecified atom stereocenters. The van der Waals surface area contributed by atoms with Crippen LogP contribution >= 0.6 is 0 Å². The van der Waals surface area contributed by atoms with Crippen LogP contribution < -0.4 is 10.5 Å². The zero-order valence-electron chi connectivity index (χ0n) is 11.2. The lowest BCUT2D eigenvalue weighted by Gasteiger charge is -2.12. The van der Waals surface area contributed by atoms with Crippen LogP contribution in [-0.2, 0) is 13.0 Å². The quantitative estimate of drug-likeness (QED) is 0.664. The number of nitrogens with two attached hydrogens (primary N) is 1. The third-order valence-corrected chi connectivity index (χ3v) is 2.97. The minimum Gasteiger partial charge on any atom is -0.489 e. The lowest BCUT2D eigenvalue weighted by Crippen LogP contribution is -2.01. The maximum absolute atomic E-state index is 9.06. The van der Waals surface area contributed by atoms with Gasteiger partial charge in [0.1, 0.15) is 12.4 Å². The van der Waals surface area contributed by atoms with E-state index in [-0.39, 0.29) is 0 Å². The van der Waals surface area contributed by atoms with E-state index in [1.54, 1.807) is 12.1 Å². The number of nitriles is 1. The SMILES string of the molecule is C=CCc1cc(N)ccc1OCc1ccccc1C#N. The maximum Gasteiger partial charge on any atom is 0.123 e. The van der Waals surface area contributed by atoms with Crippen LogP contribution in [0, 0.1) is 11.3 Å². The van der Waals surface area contributed by atoms with Crippen molar-refractivity contribution < 1.29 is 4.74 Å². The Bertz CT molecular complexity index is 656. The van der Waals surface area contributed by atoms with Crippen LogP contribution in [0.4, 0.5) is 5.69 Å². The molecule has 3 heteroatoms. The van der Waals surface area contributed by atoms with Gasteiger partial charge < -0.3 is 10.5 Å². The summed E-state index contributed by atoms with van der Waals surface area (Å²) in [5, 5.41) is 9.06. The lowest BCUT2D eigenvalue weighted by molar-refractivity contribution is 0.303. The van der Waals surface area contributed by atoms with Crippen LogP contribution in [0.1, 0.15) is 16.7 Å². The Morgan fingerprint density at radius 1 is 1.20 bits per heavy atom. The lowest BCUT2D eigenvalue weighted by atomic mass is 10.1. The molecule has 0 amide bonds. The molecule has 0 spiro atoms. The van der Waals surface area contributed by atoms with Crippen molar-refractivity contribution >= 4 is 5.69 Å². The van der Waals surface area contributed by atoms with Gasteiger partial charge in [-0.2, -0.15) is 5.26 Å². The molecule has 20 heavy (non-hydrogen) atoms. The Labute approximate surface area is 118 Å². The maximum atomic E-state index is 9.06. The molecule has 2 N–H and O–H groups in total. The molecule has 0 aromatic heterocycles. The average Bonchev–Trinajstić information content (AvgIpc) is 2.47. The highest BCUT2D eigenvalue weighted by molar-refractivity contribution is 5.48. The fourth-order valence-corrected chi connectivity index (χ4v) is 1.97. The molecule has 0 fully saturated rings. The van der Waals surface area contributed by atoms with E-state index in [2.05, 4.69) is 12.6 Å². The van der Waals surface area contributed by atoms with Gasteiger partial charge in [-0.25, -0.2) is 0 Å². The summed E-state index contributed by atoms with van der Waals surface area (Å²) in [6.07, 6.45) is 2.51. The number of ether oxygens (including phenoxy) is 1. The third kappa shape index (κ3) is 3.18. The molecule has 0 radical (unpaired) electrons. The standard InChI is InChI=1S/C17H16N2O/c1-2-5-13-10-16(19)8-9-17(13)20-12-15-7-4-3-6-14(15)11-18/h2-4,6-10H,1,5,12,19H2. The van der Waals surface area contributed by atoms with Gasteiger partial charge in [-0.15, -0.1) is 6.58 Å². The van der Waals surface area contributed by atoms with Gasteiger partial charge in [0.05, 0.1) is 11.6 Å². The predicted molar refractivity (Wildman–Crippen MR) is 80.2 cm³/mol. The van der Waals surface area contributed by atoms with Gasteiger partial charge in [0.2, 0.25) is 0 Å². The third-order valence-electron chi connectivity index (χ3n) is 2.97. The molecule has 100 valence electrons. The summed E-state index contributed by atoms with van der Waals surface area (Å²) in [6.45, 7) is 4.09. The zero-order valence-corrected chi connectivity index (χ0v) is 11.2. The summed E-state index contributed by atoms with van der Waals surface area (Å²) >= 11 is 0. The number of hydrogen-bond acceptors (Lipinski definition) is 3. The van der Waals surface area contributed by atoms with Crippen LogP contribution in [0.5, 0.6) is 5.75 Å². The topological polar surface area (TPSA) is 59.0 Å². The Hall–Kier alpha value is -2.73. The molecule has 0 aliphatic carbocycles. The highest BCUT2D eigenvalue weighted by Gasteiger charge is 2.06. The first kappa shape index (κ1) is 13.7. The molecule has 2 aromatic rings. The van der Waals surface area contributed by atoms with Gasteiger partial charge in [0.15, 0.2) is 0 Å². The summed E-state index contributed by atoms with van der Waals surface area (Å²) in [4.78, 5) is 0. The van der Waals surface area contributed by atoms with Crippen LogP contribution in [0.15, 0.2) is 55.1 Å². The van der Waals surface area contributed by atoms with Gasteiger partial charge in [-0.1, -0.05) is 24.3 Å². The summed E-state index contributed by atoms with van der Waals surface area (Å²) in [7, 11) is 0. The van der Waals surface area contributed by atoms with Crippen molar-refractivity contribution in [3.63, 3.8) is 0 Å². The predicted octanol–water partition coefficient (Wildman–Crippen LogP) is 3.45. The van der Waals surface area contributed by atoms with Gasteiger partial charge in [0.25, 0.3) is 0 Å². The first-order chi connectivity index (χ1) is 9.74. The van der Waals surface area contributed by atoms with E-state index in [4.69, 9.17) is 15.7 Å². The molecule has 0 bridgehead atoms. The monoisotopic (exact) mass is 264 g/mol. The van der Waals surface area contributed by atoms with Gasteiger partial charge in [-0.3, -0.25) is 0 Å². The van der Waals surface area contributed by atoms with Gasteiger partial charge in [-0.05, 0) is 36.2 Å². The second-order valence-corrected chi connectivity index (χ2v) is 4.42. The summed E-state index contributed by atoms with van der Waals surface area (Å²) < 4.78 is 5.82. The minimum atomic E-state index is 0.359. The molecule has 0 aliphatic heterocycles. The fraction of sp³-hybridized carbons (Fsp3) is 0.118. The van der Waals surface area contributed by atoms with Crippen molar-refractivity contribution in [3.05, 3.63) is 71.8 Å². The van der Waals surface area contributed by atoms with Crippen molar-refractivity contribution in [1.29, 1.82) is 5.26 Å². The van der Waals surface area contributed by atoms with Crippen LogP contribution in [0.2, 0.25) is 0 Å². The number of anilines is 1. The van der Waals surface area contributed by atoms with E-state index in [9.17, 15) is 0 Å². The number of rotatable bonds is 5. The largest absolute Gasteiger partial charge is 0.489 e. The van der Waals surface area contributed by atoms with Crippen LogP contribution in [0.25, 0.3) is 0 Å². The average molecular weight is 264 g/mol. The molecule has 0 atom stereocenters. The number of nitrogens with zero attached hydrogens (tertiary/aromatic N) is 1. The summed E-state index contributed by atoms with van der Waals surface area (Å²) in [6, 6.07) is 15.1. The minimum absolute atomic E-state index is 0.359. The molecule has 0 aliphatic rings.